The van der Waals surface area contributed by atoms with Crippen molar-refractivity contribution in [3.8, 4) is 5.75 Å². The second-order valence-corrected chi connectivity index (χ2v) is 6.13. The lowest BCUT2D eigenvalue weighted by molar-refractivity contribution is -0.131. The quantitative estimate of drug-likeness (QED) is 0.641. The maximum absolute atomic E-state index is 12.1. The molecule has 2 aromatic carbocycles. The van der Waals surface area contributed by atoms with Gasteiger partial charge in [0.05, 0.1) is 0 Å². The van der Waals surface area contributed by atoms with E-state index >= 15 is 0 Å². The Balaban J connectivity index is 1.86. The summed E-state index contributed by atoms with van der Waals surface area (Å²) in [7, 11) is 0. The SMILES string of the molecule is Cc1ccccc1/C=C/C(=O)NNC(=O)[C@@H](C)Oc1cccc(C)c1C. The molecule has 26 heavy (non-hydrogen) atoms. The molecular formula is C21H24N2O3. The van der Waals surface area contributed by atoms with Crippen molar-refractivity contribution in [2.24, 2.45) is 0 Å². The molecule has 2 rings (SSSR count). The van der Waals surface area contributed by atoms with E-state index in [1.165, 1.54) is 6.08 Å². The molecule has 0 spiro atoms. The zero-order valence-corrected chi connectivity index (χ0v) is 15.5. The molecule has 0 aliphatic rings. The summed E-state index contributed by atoms with van der Waals surface area (Å²) in [5.74, 6) is -0.192. The lowest BCUT2D eigenvalue weighted by atomic mass is 10.1. The van der Waals surface area contributed by atoms with Crippen molar-refractivity contribution in [3.05, 3.63) is 70.8 Å². The Labute approximate surface area is 154 Å². The van der Waals surface area contributed by atoms with E-state index in [4.69, 9.17) is 4.74 Å². The molecule has 0 aliphatic heterocycles. The molecule has 0 aromatic heterocycles. The number of hydrogen-bond acceptors (Lipinski definition) is 3. The minimum atomic E-state index is -0.740. The molecule has 0 unspecified atom stereocenters. The van der Waals surface area contributed by atoms with Gasteiger partial charge < -0.3 is 4.74 Å². The first-order chi connectivity index (χ1) is 12.4. The molecule has 2 N–H and O–H groups in total. The van der Waals surface area contributed by atoms with Gasteiger partial charge in [0.25, 0.3) is 11.8 Å². The Kier molecular flexibility index (Phi) is 6.55. The minimum Gasteiger partial charge on any atom is -0.481 e. The van der Waals surface area contributed by atoms with Crippen molar-refractivity contribution >= 4 is 17.9 Å². The summed E-state index contributed by atoms with van der Waals surface area (Å²) >= 11 is 0. The number of ether oxygens (including phenoxy) is 1. The summed E-state index contributed by atoms with van der Waals surface area (Å²) in [5, 5.41) is 0. The van der Waals surface area contributed by atoms with Crippen LogP contribution in [-0.4, -0.2) is 17.9 Å². The summed E-state index contributed by atoms with van der Waals surface area (Å²) in [5.41, 5.74) is 8.81. The first kappa shape index (κ1) is 19.2. The third kappa shape index (κ3) is 5.21. The molecule has 1 atom stereocenters. The predicted molar refractivity (Wildman–Crippen MR) is 103 cm³/mol. The molecule has 0 saturated heterocycles. The maximum Gasteiger partial charge on any atom is 0.279 e. The van der Waals surface area contributed by atoms with Gasteiger partial charge in [-0.15, -0.1) is 0 Å². The van der Waals surface area contributed by atoms with E-state index in [0.29, 0.717) is 5.75 Å². The second-order valence-electron chi connectivity index (χ2n) is 6.13. The van der Waals surface area contributed by atoms with Crippen LogP contribution in [0.3, 0.4) is 0 Å². The number of carbonyl (C=O) groups excluding carboxylic acids is 2. The van der Waals surface area contributed by atoms with Crippen molar-refractivity contribution in [2.75, 3.05) is 0 Å². The van der Waals surface area contributed by atoms with Crippen LogP contribution < -0.4 is 15.6 Å². The van der Waals surface area contributed by atoms with E-state index < -0.39 is 17.9 Å². The van der Waals surface area contributed by atoms with Crippen molar-refractivity contribution < 1.29 is 14.3 Å². The first-order valence-corrected chi connectivity index (χ1v) is 8.45. The van der Waals surface area contributed by atoms with E-state index in [-0.39, 0.29) is 0 Å². The fourth-order valence-corrected chi connectivity index (χ4v) is 2.30. The molecule has 5 heteroatoms. The summed E-state index contributed by atoms with van der Waals surface area (Å²) in [6, 6.07) is 13.4. The van der Waals surface area contributed by atoms with Crippen LogP contribution in [0, 0.1) is 20.8 Å². The topological polar surface area (TPSA) is 67.4 Å². The zero-order chi connectivity index (χ0) is 19.1. The number of nitrogens with one attached hydrogen (secondary N) is 2. The second kappa shape index (κ2) is 8.85. The fraction of sp³-hybridized carbons (Fsp3) is 0.238. The fourth-order valence-electron chi connectivity index (χ4n) is 2.30. The Morgan fingerprint density at radius 2 is 1.65 bits per heavy atom. The van der Waals surface area contributed by atoms with Crippen LogP contribution in [0.5, 0.6) is 5.75 Å². The van der Waals surface area contributed by atoms with Gasteiger partial charge in [0.1, 0.15) is 5.75 Å². The molecular weight excluding hydrogens is 328 g/mol. The molecule has 136 valence electrons. The summed E-state index contributed by atoms with van der Waals surface area (Å²) in [6.07, 6.45) is 2.34. The summed E-state index contributed by atoms with van der Waals surface area (Å²) in [4.78, 5) is 24.0. The van der Waals surface area contributed by atoms with Crippen LogP contribution in [0.4, 0.5) is 0 Å². The van der Waals surface area contributed by atoms with Crippen molar-refractivity contribution in [2.45, 2.75) is 33.8 Å². The molecule has 0 fully saturated rings. The number of rotatable bonds is 5. The van der Waals surface area contributed by atoms with Gasteiger partial charge in [0.15, 0.2) is 6.10 Å². The summed E-state index contributed by atoms with van der Waals surface area (Å²) < 4.78 is 5.68. The van der Waals surface area contributed by atoms with Gasteiger partial charge in [-0.2, -0.15) is 0 Å². The van der Waals surface area contributed by atoms with Gasteiger partial charge in [0, 0.05) is 6.08 Å². The van der Waals surface area contributed by atoms with Gasteiger partial charge in [-0.05, 0) is 62.1 Å². The lowest BCUT2D eigenvalue weighted by Crippen LogP contribution is -2.46. The van der Waals surface area contributed by atoms with Crippen LogP contribution in [0.1, 0.15) is 29.2 Å². The van der Waals surface area contributed by atoms with Gasteiger partial charge in [-0.25, -0.2) is 0 Å². The molecule has 5 nitrogen and oxygen atoms in total. The Morgan fingerprint density at radius 1 is 0.962 bits per heavy atom. The molecule has 0 saturated carbocycles. The van der Waals surface area contributed by atoms with Gasteiger partial charge in [0.2, 0.25) is 0 Å². The lowest BCUT2D eigenvalue weighted by Gasteiger charge is -2.17. The average molecular weight is 352 g/mol. The first-order valence-electron chi connectivity index (χ1n) is 8.45. The third-order valence-electron chi connectivity index (χ3n) is 4.14. The van der Waals surface area contributed by atoms with E-state index in [1.54, 1.807) is 13.0 Å². The monoisotopic (exact) mass is 352 g/mol. The smallest absolute Gasteiger partial charge is 0.279 e. The Bertz CT molecular complexity index is 828. The standard InChI is InChI=1S/C21H24N2O3/c1-14-9-7-11-19(16(14)3)26-17(4)21(25)23-22-20(24)13-12-18-10-6-5-8-15(18)2/h5-13,17H,1-4H3,(H,22,24)(H,23,25)/b13-12+/t17-/m1/s1. The maximum atomic E-state index is 12.1. The van der Waals surface area contributed by atoms with E-state index in [1.807, 2.05) is 63.2 Å². The van der Waals surface area contributed by atoms with Crippen LogP contribution in [0.2, 0.25) is 0 Å². The number of aryl methyl sites for hydroxylation is 2. The number of hydrogen-bond donors (Lipinski definition) is 2. The van der Waals surface area contributed by atoms with Crippen molar-refractivity contribution in [1.29, 1.82) is 0 Å². The van der Waals surface area contributed by atoms with Crippen LogP contribution in [0.25, 0.3) is 6.08 Å². The minimum absolute atomic E-state index is 0.416. The normalized spacial score (nSPS) is 11.8. The highest BCUT2D eigenvalue weighted by atomic mass is 16.5. The Hall–Kier alpha value is -3.08. The summed E-state index contributed by atoms with van der Waals surface area (Å²) in [6.45, 7) is 7.51. The highest BCUT2D eigenvalue weighted by Crippen LogP contribution is 2.21. The van der Waals surface area contributed by atoms with Gasteiger partial charge in [-0.3, -0.25) is 20.4 Å². The number of benzene rings is 2. The molecule has 0 heterocycles. The number of carbonyl (C=O) groups is 2. The third-order valence-corrected chi connectivity index (χ3v) is 4.14. The van der Waals surface area contributed by atoms with Crippen LogP contribution in [-0.2, 0) is 9.59 Å². The molecule has 2 aromatic rings. The highest BCUT2D eigenvalue weighted by molar-refractivity contribution is 5.93. The van der Waals surface area contributed by atoms with Crippen LogP contribution >= 0.6 is 0 Å². The van der Waals surface area contributed by atoms with E-state index in [0.717, 1.165) is 22.3 Å². The predicted octanol–water partition coefficient (Wildman–Crippen LogP) is 3.24. The largest absolute Gasteiger partial charge is 0.481 e. The molecule has 2 amide bonds. The number of hydrazine groups is 1. The van der Waals surface area contributed by atoms with Gasteiger partial charge >= 0.3 is 0 Å². The van der Waals surface area contributed by atoms with Crippen molar-refractivity contribution in [1.82, 2.24) is 10.9 Å². The van der Waals surface area contributed by atoms with E-state index in [2.05, 4.69) is 10.9 Å². The zero-order valence-electron chi connectivity index (χ0n) is 15.5. The Morgan fingerprint density at radius 3 is 2.38 bits per heavy atom. The van der Waals surface area contributed by atoms with Crippen molar-refractivity contribution in [3.63, 3.8) is 0 Å². The molecule has 0 radical (unpaired) electrons. The van der Waals surface area contributed by atoms with E-state index in [9.17, 15) is 9.59 Å². The van der Waals surface area contributed by atoms with Gasteiger partial charge in [-0.1, -0.05) is 36.4 Å². The molecule has 0 aliphatic carbocycles. The van der Waals surface area contributed by atoms with Crippen LogP contribution in [0.15, 0.2) is 48.5 Å². The average Bonchev–Trinajstić information content (AvgIpc) is 2.62. The molecule has 0 bridgehead atoms. The number of amides is 2. The highest BCUT2D eigenvalue weighted by Gasteiger charge is 2.16.